The van der Waals surface area contributed by atoms with Crippen molar-refractivity contribution >= 4 is 15.7 Å². The van der Waals surface area contributed by atoms with Crippen molar-refractivity contribution in [2.24, 2.45) is 5.92 Å². The van der Waals surface area contributed by atoms with E-state index >= 15 is 0 Å². The zero-order valence-electron chi connectivity index (χ0n) is 8.68. The number of ether oxygens (including phenoxy) is 1. The topological polar surface area (TPSA) is 36.0 Å². The van der Waals surface area contributed by atoms with Gasteiger partial charge in [-0.1, -0.05) is 13.3 Å². The summed E-state index contributed by atoms with van der Waals surface area (Å²) >= 11 is 0. The molecule has 0 aromatic heterocycles. The van der Waals surface area contributed by atoms with Crippen LogP contribution in [0.3, 0.4) is 0 Å². The Morgan fingerprint density at radius 1 is 1.43 bits per heavy atom. The minimum atomic E-state index is -0.483. The van der Waals surface area contributed by atoms with E-state index < -0.39 is 11.9 Å². The lowest BCUT2D eigenvalue weighted by Crippen LogP contribution is -2.57. The molecule has 14 heavy (non-hydrogen) atoms. The van der Waals surface area contributed by atoms with E-state index in [2.05, 4.69) is 6.92 Å². The van der Waals surface area contributed by atoms with Gasteiger partial charge in [0.25, 0.3) is 0 Å². The maximum Gasteiger partial charge on any atom is 0.0980 e. The van der Waals surface area contributed by atoms with Crippen LogP contribution in [0.5, 0.6) is 0 Å². The fourth-order valence-corrected chi connectivity index (χ4v) is 2.58. The molecule has 5 unspecified atom stereocenters. The Balaban J connectivity index is 2.16. The molecule has 0 aromatic carbocycles. The van der Waals surface area contributed by atoms with Crippen molar-refractivity contribution in [2.75, 3.05) is 0 Å². The number of hydroxylamine groups is 2. The predicted octanol–water partition coefficient (Wildman–Crippen LogP) is 0.254. The lowest BCUT2D eigenvalue weighted by atomic mass is 9.66. The third-order valence-corrected chi connectivity index (χ3v) is 3.56. The number of hydrogen-bond donors (Lipinski definition) is 1. The number of nitrogens with zero attached hydrogens (tertiary/aromatic N) is 1. The van der Waals surface area contributed by atoms with E-state index in [9.17, 15) is 5.21 Å². The summed E-state index contributed by atoms with van der Waals surface area (Å²) in [5.74, 6) is -0.723. The molecule has 3 nitrogen and oxygen atoms in total. The maximum atomic E-state index is 9.66. The maximum absolute atomic E-state index is 9.66. The van der Waals surface area contributed by atoms with Gasteiger partial charge in [0.05, 0.1) is 27.4 Å². The standard InChI is InChI=1S/C9H15B2NO2/c1-3-4-5-7(10)12(13)8(11)6-9(5,2)14-6/h5-8,13H,3-4H2,1-2H3. The summed E-state index contributed by atoms with van der Waals surface area (Å²) in [6, 6.07) is 0. The first-order chi connectivity index (χ1) is 6.52. The van der Waals surface area contributed by atoms with Gasteiger partial charge in [-0.3, -0.25) is 0 Å². The largest absolute Gasteiger partial charge is 0.365 e. The minimum Gasteiger partial charge on any atom is -0.365 e. The summed E-state index contributed by atoms with van der Waals surface area (Å²) < 4.78 is 5.58. The Bertz CT molecular complexity index is 239. The van der Waals surface area contributed by atoms with Crippen molar-refractivity contribution in [1.29, 1.82) is 0 Å². The van der Waals surface area contributed by atoms with Gasteiger partial charge >= 0.3 is 0 Å². The average molecular weight is 191 g/mol. The number of hydrogen-bond acceptors (Lipinski definition) is 3. The second-order valence-electron chi connectivity index (χ2n) is 4.48. The third-order valence-electron chi connectivity index (χ3n) is 3.56. The van der Waals surface area contributed by atoms with E-state index in [1.54, 1.807) is 0 Å². The molecule has 4 radical (unpaired) electrons. The van der Waals surface area contributed by atoms with E-state index in [-0.39, 0.29) is 17.6 Å². The van der Waals surface area contributed by atoms with Gasteiger partial charge in [0, 0.05) is 11.9 Å². The number of rotatable bonds is 2. The van der Waals surface area contributed by atoms with E-state index in [0.29, 0.717) is 0 Å². The van der Waals surface area contributed by atoms with Gasteiger partial charge < -0.3 is 9.94 Å². The number of epoxide rings is 1. The molecule has 5 atom stereocenters. The minimum absolute atomic E-state index is 0.0659. The van der Waals surface area contributed by atoms with Gasteiger partial charge in [0.1, 0.15) is 0 Å². The summed E-state index contributed by atoms with van der Waals surface area (Å²) in [4.78, 5) is 0. The Morgan fingerprint density at radius 3 is 2.64 bits per heavy atom. The molecule has 0 aromatic rings. The summed E-state index contributed by atoms with van der Waals surface area (Å²) in [5.41, 5.74) is -0.214. The molecule has 2 saturated heterocycles. The molecule has 0 amide bonds. The summed E-state index contributed by atoms with van der Waals surface area (Å²) in [6.07, 6.45) is 1.93. The highest BCUT2D eigenvalue weighted by molar-refractivity contribution is 6.15. The van der Waals surface area contributed by atoms with Crippen LogP contribution in [0.15, 0.2) is 0 Å². The molecule has 0 aliphatic carbocycles. The van der Waals surface area contributed by atoms with Gasteiger partial charge in [0.2, 0.25) is 0 Å². The monoisotopic (exact) mass is 191 g/mol. The van der Waals surface area contributed by atoms with Crippen LogP contribution in [0.4, 0.5) is 0 Å². The Labute approximate surface area is 87.6 Å². The molecule has 2 aliphatic rings. The van der Waals surface area contributed by atoms with Crippen molar-refractivity contribution < 1.29 is 9.94 Å². The van der Waals surface area contributed by atoms with Crippen molar-refractivity contribution in [3.63, 3.8) is 0 Å². The summed E-state index contributed by atoms with van der Waals surface area (Å²) in [5, 5.41) is 10.7. The normalized spacial score (nSPS) is 52.8. The van der Waals surface area contributed by atoms with Crippen LogP contribution in [0.2, 0.25) is 0 Å². The van der Waals surface area contributed by atoms with Crippen molar-refractivity contribution in [1.82, 2.24) is 5.06 Å². The van der Waals surface area contributed by atoms with Crippen LogP contribution in [0, 0.1) is 5.92 Å². The Hall–Kier alpha value is 0.00987. The van der Waals surface area contributed by atoms with E-state index in [1.165, 1.54) is 0 Å². The summed E-state index contributed by atoms with van der Waals surface area (Å²) in [7, 11) is 11.7. The molecule has 0 bridgehead atoms. The molecule has 2 fully saturated rings. The van der Waals surface area contributed by atoms with Gasteiger partial charge in [0.15, 0.2) is 0 Å². The van der Waals surface area contributed by atoms with Crippen molar-refractivity contribution in [3.8, 4) is 0 Å². The molecule has 2 aliphatic heterocycles. The zero-order chi connectivity index (χ0) is 10.5. The quantitative estimate of drug-likeness (QED) is 0.502. The molecule has 0 spiro atoms. The van der Waals surface area contributed by atoms with Crippen LogP contribution in [0.1, 0.15) is 26.7 Å². The van der Waals surface area contributed by atoms with E-state index in [4.69, 9.17) is 20.4 Å². The molecule has 0 saturated carbocycles. The highest BCUT2D eigenvalue weighted by Gasteiger charge is 2.65. The zero-order valence-corrected chi connectivity index (χ0v) is 8.68. The van der Waals surface area contributed by atoms with Gasteiger partial charge in [-0.15, -0.1) is 0 Å². The number of fused-ring (bicyclic) bond motifs is 1. The molecule has 74 valence electrons. The van der Waals surface area contributed by atoms with Crippen molar-refractivity contribution in [3.05, 3.63) is 0 Å². The van der Waals surface area contributed by atoms with Gasteiger partial charge in [-0.05, 0) is 19.3 Å². The average Bonchev–Trinajstić information content (AvgIpc) is 2.83. The second kappa shape index (κ2) is 3.26. The molecule has 2 rings (SSSR count). The summed E-state index contributed by atoms with van der Waals surface area (Å²) in [6.45, 7) is 4.13. The van der Waals surface area contributed by atoms with E-state index in [0.717, 1.165) is 17.9 Å². The molecule has 2 heterocycles. The third kappa shape index (κ3) is 1.26. The molecule has 5 heteroatoms. The van der Waals surface area contributed by atoms with Crippen molar-refractivity contribution in [2.45, 2.75) is 50.3 Å². The fourth-order valence-electron chi connectivity index (χ4n) is 2.58. The van der Waals surface area contributed by atoms with Crippen LogP contribution in [-0.4, -0.2) is 49.6 Å². The highest BCUT2D eigenvalue weighted by Crippen LogP contribution is 2.51. The van der Waals surface area contributed by atoms with Gasteiger partial charge in [-0.2, -0.15) is 0 Å². The fraction of sp³-hybridized carbons (Fsp3) is 1.00. The predicted molar refractivity (Wildman–Crippen MR) is 54.4 cm³/mol. The molecular formula is C9H15B2NO2. The first kappa shape index (κ1) is 10.5. The lowest BCUT2D eigenvalue weighted by molar-refractivity contribution is -0.145. The second-order valence-corrected chi connectivity index (χ2v) is 4.48. The van der Waals surface area contributed by atoms with Crippen LogP contribution in [0.25, 0.3) is 0 Å². The SMILES string of the molecule is [B]C1C(CCC)C2(C)OC2C([B])N1O. The molecular weight excluding hydrogens is 176 g/mol. The first-order valence-electron chi connectivity index (χ1n) is 5.18. The smallest absolute Gasteiger partial charge is 0.0980 e. The van der Waals surface area contributed by atoms with Crippen LogP contribution < -0.4 is 0 Å². The Kier molecular flexibility index (Phi) is 2.45. The first-order valence-corrected chi connectivity index (χ1v) is 5.18. The van der Waals surface area contributed by atoms with Gasteiger partial charge in [-0.25, -0.2) is 5.06 Å². The molecule has 1 N–H and O–H groups in total. The number of piperidine rings is 1. The highest BCUT2D eigenvalue weighted by atomic mass is 16.6. The lowest BCUT2D eigenvalue weighted by Gasteiger charge is -2.41. The van der Waals surface area contributed by atoms with Crippen LogP contribution in [-0.2, 0) is 4.74 Å². The van der Waals surface area contributed by atoms with E-state index in [1.807, 2.05) is 6.92 Å². The van der Waals surface area contributed by atoms with Crippen LogP contribution >= 0.6 is 0 Å². The Morgan fingerprint density at radius 2 is 2.07 bits per heavy atom.